The monoisotopic (exact) mass is 307 g/mol. The molecule has 5 nitrogen and oxygen atoms in total. The van der Waals surface area contributed by atoms with Gasteiger partial charge in [0.1, 0.15) is 11.0 Å². The highest BCUT2D eigenvalue weighted by atomic mass is 35.5. The Balaban J connectivity index is 2.26. The Labute approximate surface area is 120 Å². The molecule has 0 saturated heterocycles. The number of nitrogens with zero attached hydrogens (tertiary/aromatic N) is 3. The molecule has 0 atom stereocenters. The van der Waals surface area contributed by atoms with Gasteiger partial charge in [-0.05, 0) is 42.8 Å². The maximum Gasteiger partial charge on any atom is 0.285 e. The second-order valence-electron chi connectivity index (χ2n) is 4.34. The summed E-state index contributed by atoms with van der Waals surface area (Å²) in [6.45, 7) is 1.69. The van der Waals surface area contributed by atoms with Gasteiger partial charge in [-0.3, -0.25) is 0 Å². The Kier molecular flexibility index (Phi) is 2.99. The number of aryl methyl sites for hydroxylation is 1. The van der Waals surface area contributed by atoms with Crippen molar-refractivity contribution in [2.75, 3.05) is 0 Å². The fourth-order valence-electron chi connectivity index (χ4n) is 2.02. The lowest BCUT2D eigenvalue weighted by Gasteiger charge is -2.08. The van der Waals surface area contributed by atoms with E-state index < -0.39 is 10.0 Å². The molecular formula is C13H10ClN3O2S. The van der Waals surface area contributed by atoms with Crippen LogP contribution in [0.5, 0.6) is 0 Å². The van der Waals surface area contributed by atoms with Crippen LogP contribution in [0, 0.1) is 6.92 Å². The minimum absolute atomic E-state index is 0.164. The second-order valence-corrected chi connectivity index (χ2v) is 6.51. The van der Waals surface area contributed by atoms with Crippen LogP contribution < -0.4 is 0 Å². The third kappa shape index (κ3) is 1.97. The Morgan fingerprint density at radius 1 is 1.15 bits per heavy atom. The quantitative estimate of drug-likeness (QED) is 0.730. The first-order valence-electron chi connectivity index (χ1n) is 5.82. The SMILES string of the molecule is Cc1cc(Cl)ccc1S(=O)(=O)n1nnc2ccccc21. The lowest BCUT2D eigenvalue weighted by Crippen LogP contribution is -2.15. The summed E-state index contributed by atoms with van der Waals surface area (Å²) in [6.07, 6.45) is 0. The number of fused-ring (bicyclic) bond motifs is 1. The third-order valence-corrected chi connectivity index (χ3v) is 4.94. The zero-order valence-electron chi connectivity index (χ0n) is 10.5. The molecule has 0 aliphatic rings. The van der Waals surface area contributed by atoms with E-state index in [1.807, 2.05) is 0 Å². The van der Waals surface area contributed by atoms with Gasteiger partial charge in [0, 0.05) is 5.02 Å². The van der Waals surface area contributed by atoms with E-state index in [4.69, 9.17) is 11.6 Å². The van der Waals surface area contributed by atoms with E-state index >= 15 is 0 Å². The number of para-hydroxylation sites is 1. The van der Waals surface area contributed by atoms with Gasteiger partial charge >= 0.3 is 0 Å². The van der Waals surface area contributed by atoms with Crippen LogP contribution in [0.3, 0.4) is 0 Å². The van der Waals surface area contributed by atoms with Crippen LogP contribution >= 0.6 is 11.6 Å². The molecule has 0 fully saturated rings. The van der Waals surface area contributed by atoms with Gasteiger partial charge < -0.3 is 0 Å². The Morgan fingerprint density at radius 2 is 1.90 bits per heavy atom. The summed E-state index contributed by atoms with van der Waals surface area (Å²) in [5.74, 6) is 0. The Hall–Kier alpha value is -1.92. The first-order chi connectivity index (χ1) is 9.50. The largest absolute Gasteiger partial charge is 0.285 e. The van der Waals surface area contributed by atoms with E-state index in [-0.39, 0.29) is 4.90 Å². The van der Waals surface area contributed by atoms with Crippen LogP contribution in [0.15, 0.2) is 47.4 Å². The summed E-state index contributed by atoms with van der Waals surface area (Å²) in [7, 11) is -3.79. The summed E-state index contributed by atoms with van der Waals surface area (Å²) in [4.78, 5) is 0.164. The molecule has 0 radical (unpaired) electrons. The van der Waals surface area contributed by atoms with E-state index in [1.54, 1.807) is 43.3 Å². The third-order valence-electron chi connectivity index (χ3n) is 2.96. The summed E-state index contributed by atoms with van der Waals surface area (Å²) in [5.41, 5.74) is 1.54. The molecule has 0 unspecified atom stereocenters. The molecule has 0 N–H and O–H groups in total. The van der Waals surface area contributed by atoms with Crippen LogP contribution in [0.2, 0.25) is 5.02 Å². The highest BCUT2D eigenvalue weighted by Gasteiger charge is 2.23. The van der Waals surface area contributed by atoms with Crippen molar-refractivity contribution >= 4 is 32.7 Å². The van der Waals surface area contributed by atoms with Gasteiger partial charge in [0.15, 0.2) is 0 Å². The van der Waals surface area contributed by atoms with Crippen molar-refractivity contribution in [2.24, 2.45) is 0 Å². The van der Waals surface area contributed by atoms with Crippen LogP contribution in [-0.2, 0) is 10.0 Å². The van der Waals surface area contributed by atoms with Crippen molar-refractivity contribution in [3.05, 3.63) is 53.1 Å². The first kappa shape index (κ1) is 13.1. The fraction of sp³-hybridized carbons (Fsp3) is 0.0769. The van der Waals surface area contributed by atoms with Crippen LogP contribution in [0.1, 0.15) is 5.56 Å². The summed E-state index contributed by atoms with van der Waals surface area (Å²) >= 11 is 5.86. The smallest absolute Gasteiger partial charge is 0.199 e. The normalized spacial score (nSPS) is 11.9. The summed E-state index contributed by atoms with van der Waals surface area (Å²) < 4.78 is 26.3. The van der Waals surface area contributed by atoms with Crippen LogP contribution in [0.25, 0.3) is 11.0 Å². The molecule has 1 heterocycles. The molecule has 102 valence electrons. The van der Waals surface area contributed by atoms with Gasteiger partial charge in [-0.2, -0.15) is 8.42 Å². The number of aromatic nitrogens is 3. The van der Waals surface area contributed by atoms with Crippen LogP contribution in [-0.4, -0.2) is 22.8 Å². The van der Waals surface area contributed by atoms with Gasteiger partial charge in [0.2, 0.25) is 0 Å². The highest BCUT2D eigenvalue weighted by Crippen LogP contribution is 2.23. The molecule has 0 aliphatic carbocycles. The molecular weight excluding hydrogens is 298 g/mol. The predicted octanol–water partition coefficient (Wildman–Crippen LogP) is 2.63. The van der Waals surface area contributed by atoms with Crippen molar-refractivity contribution in [2.45, 2.75) is 11.8 Å². The van der Waals surface area contributed by atoms with Gasteiger partial charge in [-0.1, -0.05) is 28.9 Å². The standard InChI is InChI=1S/C13H10ClN3O2S/c1-9-8-10(14)6-7-13(9)20(18,19)17-12-5-3-2-4-11(12)15-16-17/h2-8H,1H3. The molecule has 0 amide bonds. The molecule has 2 aromatic carbocycles. The number of rotatable bonds is 2. The summed E-state index contributed by atoms with van der Waals surface area (Å²) in [5, 5.41) is 8.11. The number of hydrogen-bond donors (Lipinski definition) is 0. The van der Waals surface area contributed by atoms with Gasteiger partial charge in [-0.15, -0.1) is 9.19 Å². The van der Waals surface area contributed by atoms with Crippen molar-refractivity contribution in [3.63, 3.8) is 0 Å². The first-order valence-corrected chi connectivity index (χ1v) is 7.64. The average molecular weight is 308 g/mol. The Morgan fingerprint density at radius 3 is 2.65 bits per heavy atom. The topological polar surface area (TPSA) is 64.8 Å². The van der Waals surface area contributed by atoms with Crippen LogP contribution in [0.4, 0.5) is 0 Å². The van der Waals surface area contributed by atoms with Crippen molar-refractivity contribution in [1.29, 1.82) is 0 Å². The van der Waals surface area contributed by atoms with Crippen molar-refractivity contribution in [3.8, 4) is 0 Å². The fourth-order valence-corrected chi connectivity index (χ4v) is 3.69. The zero-order valence-corrected chi connectivity index (χ0v) is 12.1. The maximum atomic E-state index is 12.7. The van der Waals surface area contributed by atoms with E-state index in [2.05, 4.69) is 10.3 Å². The van der Waals surface area contributed by atoms with E-state index in [0.29, 0.717) is 21.6 Å². The van der Waals surface area contributed by atoms with Gasteiger partial charge in [-0.25, -0.2) is 0 Å². The van der Waals surface area contributed by atoms with E-state index in [0.717, 1.165) is 4.09 Å². The lowest BCUT2D eigenvalue weighted by atomic mass is 10.2. The molecule has 1 aromatic heterocycles. The van der Waals surface area contributed by atoms with Gasteiger partial charge in [0.25, 0.3) is 10.0 Å². The number of hydrogen-bond acceptors (Lipinski definition) is 4. The number of benzene rings is 2. The molecule has 7 heteroatoms. The van der Waals surface area contributed by atoms with Crippen molar-refractivity contribution in [1.82, 2.24) is 14.4 Å². The molecule has 0 spiro atoms. The number of halogens is 1. The minimum Gasteiger partial charge on any atom is -0.199 e. The van der Waals surface area contributed by atoms with E-state index in [1.165, 1.54) is 6.07 Å². The Bertz CT molecular complexity index is 903. The summed E-state index contributed by atoms with van der Waals surface area (Å²) in [6, 6.07) is 11.5. The highest BCUT2D eigenvalue weighted by molar-refractivity contribution is 7.90. The lowest BCUT2D eigenvalue weighted by molar-refractivity contribution is 0.579. The van der Waals surface area contributed by atoms with E-state index in [9.17, 15) is 8.42 Å². The molecule has 0 saturated carbocycles. The second kappa shape index (κ2) is 4.57. The molecule has 0 bridgehead atoms. The average Bonchev–Trinajstić information content (AvgIpc) is 2.82. The minimum atomic E-state index is -3.79. The zero-order chi connectivity index (χ0) is 14.3. The molecule has 20 heavy (non-hydrogen) atoms. The molecule has 0 aliphatic heterocycles. The van der Waals surface area contributed by atoms with Crippen molar-refractivity contribution < 1.29 is 8.42 Å². The van der Waals surface area contributed by atoms with Gasteiger partial charge in [0.05, 0.1) is 4.90 Å². The molecule has 3 aromatic rings. The predicted molar refractivity (Wildman–Crippen MR) is 76.3 cm³/mol. The maximum absolute atomic E-state index is 12.7. The molecule has 3 rings (SSSR count).